The van der Waals surface area contributed by atoms with E-state index in [4.69, 9.17) is 16.0 Å². The molecule has 1 heterocycles. The Hall–Kier alpha value is -3.06. The number of para-hydroxylation sites is 2. The van der Waals surface area contributed by atoms with Crippen LogP contribution >= 0.6 is 11.6 Å². The van der Waals surface area contributed by atoms with Crippen molar-refractivity contribution in [2.24, 2.45) is 0 Å². The molecule has 134 valence electrons. The molecule has 8 heteroatoms. The standard InChI is InChI=1S/C18H16ClN3O4/c1-21(10-16(23)20-13-8-6-12(19)7-9-13)17(24)11-22-14-4-2-3-5-15(14)26-18(22)25/h2-9H,10-11H2,1H3,(H,20,23). The molecule has 0 saturated heterocycles. The molecule has 7 nitrogen and oxygen atoms in total. The van der Waals surface area contributed by atoms with E-state index in [1.165, 1.54) is 16.5 Å². The van der Waals surface area contributed by atoms with Gasteiger partial charge in [0, 0.05) is 17.8 Å². The molecule has 0 aliphatic heterocycles. The molecule has 2 amide bonds. The summed E-state index contributed by atoms with van der Waals surface area (Å²) in [6.45, 7) is -0.355. The number of oxazole rings is 1. The molecule has 0 aliphatic carbocycles. The summed E-state index contributed by atoms with van der Waals surface area (Å²) in [5.74, 6) is -1.35. The number of carbonyl (C=O) groups is 2. The number of halogens is 1. The van der Waals surface area contributed by atoms with Gasteiger partial charge in [-0.2, -0.15) is 0 Å². The number of aromatic nitrogens is 1. The molecule has 1 N–H and O–H groups in total. The van der Waals surface area contributed by atoms with Gasteiger partial charge in [0.05, 0.1) is 12.1 Å². The highest BCUT2D eigenvalue weighted by Crippen LogP contribution is 2.14. The van der Waals surface area contributed by atoms with Gasteiger partial charge in [0.15, 0.2) is 5.58 Å². The lowest BCUT2D eigenvalue weighted by Gasteiger charge is -2.17. The van der Waals surface area contributed by atoms with Gasteiger partial charge in [0.1, 0.15) is 6.54 Å². The smallest absolute Gasteiger partial charge is 0.408 e. The van der Waals surface area contributed by atoms with Crippen LogP contribution < -0.4 is 11.1 Å². The number of amides is 2. The predicted molar refractivity (Wildman–Crippen MR) is 98.2 cm³/mol. The molecule has 1 aromatic heterocycles. The minimum Gasteiger partial charge on any atom is -0.408 e. The Morgan fingerprint density at radius 2 is 1.85 bits per heavy atom. The van der Waals surface area contributed by atoms with E-state index in [0.29, 0.717) is 21.8 Å². The lowest BCUT2D eigenvalue weighted by atomic mass is 10.3. The summed E-state index contributed by atoms with van der Waals surface area (Å²) in [6.07, 6.45) is 0. The fourth-order valence-corrected chi connectivity index (χ4v) is 2.58. The van der Waals surface area contributed by atoms with E-state index in [0.717, 1.165) is 0 Å². The summed E-state index contributed by atoms with van der Waals surface area (Å²) in [7, 11) is 1.50. The first-order valence-corrected chi connectivity index (χ1v) is 8.19. The second-order valence-electron chi connectivity index (χ2n) is 5.73. The van der Waals surface area contributed by atoms with E-state index in [1.807, 2.05) is 0 Å². The molecule has 0 fully saturated rings. The fourth-order valence-electron chi connectivity index (χ4n) is 2.46. The van der Waals surface area contributed by atoms with Crippen LogP contribution in [0, 0.1) is 0 Å². The van der Waals surface area contributed by atoms with Crippen LogP contribution in [0.1, 0.15) is 0 Å². The molecular weight excluding hydrogens is 358 g/mol. The Labute approximate surface area is 153 Å². The summed E-state index contributed by atoms with van der Waals surface area (Å²) in [6, 6.07) is 13.5. The first-order chi connectivity index (χ1) is 12.4. The van der Waals surface area contributed by atoms with E-state index in [1.54, 1.807) is 48.5 Å². The van der Waals surface area contributed by atoms with E-state index < -0.39 is 5.76 Å². The molecule has 3 rings (SSSR count). The maximum absolute atomic E-state index is 12.4. The van der Waals surface area contributed by atoms with E-state index >= 15 is 0 Å². The maximum atomic E-state index is 12.4. The first kappa shape index (κ1) is 17.8. The van der Waals surface area contributed by atoms with Crippen molar-refractivity contribution in [2.45, 2.75) is 6.54 Å². The summed E-state index contributed by atoms with van der Waals surface area (Å²) in [5.41, 5.74) is 1.52. The van der Waals surface area contributed by atoms with Crippen LogP contribution in [-0.4, -0.2) is 34.9 Å². The third-order valence-electron chi connectivity index (χ3n) is 3.80. The molecule has 0 aliphatic rings. The van der Waals surface area contributed by atoms with Crippen LogP contribution in [0.25, 0.3) is 11.1 Å². The van der Waals surface area contributed by atoms with Crippen molar-refractivity contribution >= 4 is 40.2 Å². The van der Waals surface area contributed by atoms with Gasteiger partial charge >= 0.3 is 5.76 Å². The van der Waals surface area contributed by atoms with Crippen molar-refractivity contribution < 1.29 is 14.0 Å². The number of rotatable bonds is 5. The number of carbonyl (C=O) groups excluding carboxylic acids is 2. The molecule has 0 saturated carbocycles. The number of nitrogens with zero attached hydrogens (tertiary/aromatic N) is 2. The number of benzene rings is 2. The zero-order valence-corrected chi connectivity index (χ0v) is 14.7. The number of nitrogens with one attached hydrogen (secondary N) is 1. The van der Waals surface area contributed by atoms with E-state index in [-0.39, 0.29) is 24.9 Å². The molecule has 2 aromatic carbocycles. The Kier molecular flexibility index (Phi) is 5.09. The summed E-state index contributed by atoms with van der Waals surface area (Å²) in [5, 5.41) is 3.24. The van der Waals surface area contributed by atoms with Gasteiger partial charge in [-0.3, -0.25) is 14.2 Å². The second kappa shape index (κ2) is 7.45. The van der Waals surface area contributed by atoms with Gasteiger partial charge in [-0.15, -0.1) is 0 Å². The lowest BCUT2D eigenvalue weighted by Crippen LogP contribution is -2.38. The van der Waals surface area contributed by atoms with Gasteiger partial charge in [0.2, 0.25) is 11.8 Å². The van der Waals surface area contributed by atoms with Crippen molar-refractivity contribution in [3.05, 3.63) is 64.1 Å². The fraction of sp³-hybridized carbons (Fsp3) is 0.167. The van der Waals surface area contributed by atoms with Gasteiger partial charge in [-0.25, -0.2) is 4.79 Å². The second-order valence-corrected chi connectivity index (χ2v) is 6.16. The van der Waals surface area contributed by atoms with Crippen molar-refractivity contribution in [3.63, 3.8) is 0 Å². The summed E-state index contributed by atoms with van der Waals surface area (Å²) >= 11 is 5.79. The Morgan fingerprint density at radius 3 is 2.58 bits per heavy atom. The molecule has 0 bridgehead atoms. The van der Waals surface area contributed by atoms with Gasteiger partial charge in [0.25, 0.3) is 0 Å². The predicted octanol–water partition coefficient (Wildman–Crippen LogP) is 2.34. The number of hydrogen-bond donors (Lipinski definition) is 1. The van der Waals surface area contributed by atoms with Gasteiger partial charge in [-0.05, 0) is 36.4 Å². The normalized spacial score (nSPS) is 10.7. The monoisotopic (exact) mass is 373 g/mol. The summed E-state index contributed by atoms with van der Waals surface area (Å²) in [4.78, 5) is 37.6. The molecule has 26 heavy (non-hydrogen) atoms. The largest absolute Gasteiger partial charge is 0.420 e. The molecule has 0 atom stereocenters. The average molecular weight is 374 g/mol. The molecule has 0 unspecified atom stereocenters. The zero-order chi connectivity index (χ0) is 18.7. The van der Waals surface area contributed by atoms with Crippen LogP contribution in [0.2, 0.25) is 5.02 Å². The lowest BCUT2D eigenvalue weighted by molar-refractivity contribution is -0.133. The van der Waals surface area contributed by atoms with Crippen molar-refractivity contribution in [1.82, 2.24) is 9.47 Å². The minimum absolute atomic E-state index is 0.147. The average Bonchev–Trinajstić information content (AvgIpc) is 2.92. The first-order valence-electron chi connectivity index (χ1n) is 7.82. The van der Waals surface area contributed by atoms with Crippen molar-refractivity contribution in [2.75, 3.05) is 18.9 Å². The highest BCUT2D eigenvalue weighted by Gasteiger charge is 2.17. The van der Waals surface area contributed by atoms with Gasteiger partial charge in [-0.1, -0.05) is 23.7 Å². The molecule has 0 radical (unpaired) electrons. The zero-order valence-electron chi connectivity index (χ0n) is 13.9. The SMILES string of the molecule is CN(CC(=O)Nc1ccc(Cl)cc1)C(=O)Cn1c(=O)oc2ccccc21. The Balaban J connectivity index is 1.64. The van der Waals surface area contributed by atoms with Crippen LogP contribution in [0.4, 0.5) is 5.69 Å². The third kappa shape index (κ3) is 3.94. The van der Waals surface area contributed by atoms with E-state index in [2.05, 4.69) is 5.32 Å². The molecule has 3 aromatic rings. The van der Waals surface area contributed by atoms with Crippen molar-refractivity contribution in [1.29, 1.82) is 0 Å². The Bertz CT molecular complexity index is 1010. The number of fused-ring (bicyclic) bond motifs is 1. The van der Waals surface area contributed by atoms with Crippen LogP contribution in [0.3, 0.4) is 0 Å². The van der Waals surface area contributed by atoms with Crippen LogP contribution in [-0.2, 0) is 16.1 Å². The van der Waals surface area contributed by atoms with E-state index in [9.17, 15) is 14.4 Å². The van der Waals surface area contributed by atoms with Crippen molar-refractivity contribution in [3.8, 4) is 0 Å². The summed E-state index contributed by atoms with van der Waals surface area (Å²) < 4.78 is 6.34. The topological polar surface area (TPSA) is 84.5 Å². The van der Waals surface area contributed by atoms with Gasteiger partial charge < -0.3 is 14.6 Å². The quantitative estimate of drug-likeness (QED) is 0.744. The number of hydrogen-bond acceptors (Lipinski definition) is 4. The third-order valence-corrected chi connectivity index (χ3v) is 4.05. The highest BCUT2D eigenvalue weighted by molar-refractivity contribution is 6.30. The molecule has 0 spiro atoms. The molecular formula is C18H16ClN3O4. The van der Waals surface area contributed by atoms with Crippen LogP contribution in [0.5, 0.6) is 0 Å². The highest BCUT2D eigenvalue weighted by atomic mass is 35.5. The Morgan fingerprint density at radius 1 is 1.15 bits per heavy atom. The number of anilines is 1. The number of likely N-dealkylation sites (N-methyl/N-ethyl adjacent to an activating group) is 1. The maximum Gasteiger partial charge on any atom is 0.420 e. The van der Waals surface area contributed by atoms with Crippen LogP contribution in [0.15, 0.2) is 57.7 Å². The minimum atomic E-state index is -0.612.